The monoisotopic (exact) mass is 476 g/mol. The molecule has 1 aliphatic heterocycles. The fraction of sp³-hybridized carbons (Fsp3) is 0.318. The van der Waals surface area contributed by atoms with Crippen molar-refractivity contribution in [1.29, 1.82) is 0 Å². The summed E-state index contributed by atoms with van der Waals surface area (Å²) in [5.74, 6) is -0.649. The number of benzene rings is 1. The Morgan fingerprint density at radius 1 is 1.34 bits per heavy atom. The molecule has 2 atom stereocenters. The predicted molar refractivity (Wildman–Crippen MR) is 121 cm³/mol. The van der Waals surface area contributed by atoms with Crippen LogP contribution in [-0.4, -0.2) is 46.6 Å². The maximum absolute atomic E-state index is 13.6. The van der Waals surface area contributed by atoms with Gasteiger partial charge in [0.2, 0.25) is 5.91 Å². The van der Waals surface area contributed by atoms with Gasteiger partial charge < -0.3 is 20.4 Å². The van der Waals surface area contributed by atoms with Crippen molar-refractivity contribution in [3.8, 4) is 0 Å². The Bertz CT molecular complexity index is 1170. The van der Waals surface area contributed by atoms with E-state index in [2.05, 4.69) is 10.3 Å². The molecule has 2 unspecified atom stereocenters. The van der Waals surface area contributed by atoms with Crippen LogP contribution in [0.4, 0.5) is 4.39 Å². The molecule has 0 radical (unpaired) electrons. The molecular weight excluding hydrogens is 455 g/mol. The van der Waals surface area contributed by atoms with Gasteiger partial charge >= 0.3 is 0 Å². The van der Waals surface area contributed by atoms with Gasteiger partial charge in [0.05, 0.1) is 10.8 Å². The molecule has 0 bridgehead atoms. The molecule has 3 aromatic rings. The molecule has 1 aliphatic rings. The Morgan fingerprint density at radius 2 is 2.16 bits per heavy atom. The number of carbonyl (C=O) groups excluding carboxylic acids is 2. The van der Waals surface area contributed by atoms with Crippen molar-refractivity contribution in [3.63, 3.8) is 0 Å². The van der Waals surface area contributed by atoms with Crippen molar-refractivity contribution in [2.75, 3.05) is 18.8 Å². The molecule has 32 heavy (non-hydrogen) atoms. The van der Waals surface area contributed by atoms with Crippen LogP contribution in [0.15, 0.2) is 47.6 Å². The van der Waals surface area contributed by atoms with E-state index in [1.54, 1.807) is 29.2 Å². The van der Waals surface area contributed by atoms with Crippen LogP contribution in [-0.2, 0) is 4.79 Å². The number of rotatable bonds is 5. The second-order valence-electron chi connectivity index (χ2n) is 7.97. The molecule has 1 saturated heterocycles. The molecule has 7 nitrogen and oxygen atoms in total. The number of hydrogen-bond acceptors (Lipinski definition) is 4. The van der Waals surface area contributed by atoms with E-state index in [9.17, 15) is 19.2 Å². The van der Waals surface area contributed by atoms with E-state index in [1.807, 2.05) is 6.92 Å². The quantitative estimate of drug-likeness (QED) is 0.335. The molecule has 168 valence electrons. The topological polar surface area (TPSA) is 92.1 Å². The summed E-state index contributed by atoms with van der Waals surface area (Å²) >= 11 is 7.53. The summed E-state index contributed by atoms with van der Waals surface area (Å²) in [5, 5.41) is 15.8. The van der Waals surface area contributed by atoms with Crippen LogP contribution < -0.4 is 10.0 Å². The molecule has 2 N–H and O–H groups in total. The number of aromatic nitrogens is 2. The predicted octanol–water partition coefficient (Wildman–Crippen LogP) is 3.35. The first-order chi connectivity index (χ1) is 15.3. The average molecular weight is 477 g/mol. The van der Waals surface area contributed by atoms with Crippen molar-refractivity contribution in [2.24, 2.45) is 5.92 Å². The molecule has 10 heteroatoms. The number of pyridine rings is 1. The summed E-state index contributed by atoms with van der Waals surface area (Å²) in [4.78, 5) is 30.3. The minimum atomic E-state index is -0.428. The number of aromatic amines is 1. The van der Waals surface area contributed by atoms with Crippen LogP contribution in [0.3, 0.4) is 0 Å². The SMILES string of the molecule is CC1CC(NC(=O)CSc2cccc[n+]2[O-])CN(C(=O)c2[nH]c3ccc(F)cc3c2Cl)C1. The summed E-state index contributed by atoms with van der Waals surface area (Å²) in [6.07, 6.45) is 2.12. The van der Waals surface area contributed by atoms with E-state index in [0.717, 1.165) is 22.9 Å². The summed E-state index contributed by atoms with van der Waals surface area (Å²) in [7, 11) is 0. The highest BCUT2D eigenvalue weighted by atomic mass is 35.5. The van der Waals surface area contributed by atoms with Gasteiger partial charge in [-0.05, 0) is 48.4 Å². The van der Waals surface area contributed by atoms with Crippen molar-refractivity contribution in [1.82, 2.24) is 15.2 Å². The lowest BCUT2D eigenvalue weighted by atomic mass is 9.95. The number of thioether (sulfide) groups is 1. The van der Waals surface area contributed by atoms with Crippen LogP contribution >= 0.6 is 23.4 Å². The largest absolute Gasteiger partial charge is 0.618 e. The number of fused-ring (bicyclic) bond motifs is 1. The van der Waals surface area contributed by atoms with Gasteiger partial charge in [0.15, 0.2) is 6.20 Å². The number of hydrogen-bond donors (Lipinski definition) is 2. The maximum Gasteiger partial charge on any atom is 0.271 e. The first-order valence-corrected chi connectivity index (χ1v) is 11.5. The first kappa shape index (κ1) is 22.4. The minimum absolute atomic E-state index is 0.102. The van der Waals surface area contributed by atoms with Crippen molar-refractivity contribution in [2.45, 2.75) is 24.4 Å². The zero-order valence-electron chi connectivity index (χ0n) is 17.3. The fourth-order valence-corrected chi connectivity index (χ4v) is 5.00. The summed E-state index contributed by atoms with van der Waals surface area (Å²) in [6, 6.07) is 8.95. The molecule has 2 amide bonds. The highest BCUT2D eigenvalue weighted by Gasteiger charge is 2.31. The lowest BCUT2D eigenvalue weighted by molar-refractivity contribution is -0.645. The van der Waals surface area contributed by atoms with E-state index < -0.39 is 5.82 Å². The molecule has 1 aromatic carbocycles. The zero-order valence-corrected chi connectivity index (χ0v) is 18.9. The highest BCUT2D eigenvalue weighted by Crippen LogP contribution is 2.30. The third-order valence-corrected chi connectivity index (χ3v) is 6.77. The second kappa shape index (κ2) is 9.38. The van der Waals surface area contributed by atoms with E-state index in [0.29, 0.717) is 29.0 Å². The van der Waals surface area contributed by atoms with E-state index >= 15 is 0 Å². The van der Waals surface area contributed by atoms with Crippen molar-refractivity contribution in [3.05, 3.63) is 64.3 Å². The van der Waals surface area contributed by atoms with Gasteiger partial charge in [0, 0.05) is 42.2 Å². The Morgan fingerprint density at radius 3 is 2.94 bits per heavy atom. The Kier molecular flexibility index (Phi) is 6.57. The summed E-state index contributed by atoms with van der Waals surface area (Å²) in [6.45, 7) is 2.88. The molecule has 4 rings (SSSR count). The smallest absolute Gasteiger partial charge is 0.271 e. The van der Waals surface area contributed by atoms with Crippen molar-refractivity contribution < 1.29 is 18.7 Å². The normalized spacial score (nSPS) is 18.7. The number of piperidine rings is 1. The molecule has 1 fully saturated rings. The molecule has 0 saturated carbocycles. The van der Waals surface area contributed by atoms with Gasteiger partial charge in [0.1, 0.15) is 11.5 Å². The molecule has 0 aliphatic carbocycles. The van der Waals surface area contributed by atoms with E-state index in [1.165, 1.54) is 18.3 Å². The summed E-state index contributed by atoms with van der Waals surface area (Å²) < 4.78 is 14.3. The lowest BCUT2D eigenvalue weighted by Gasteiger charge is -2.36. The molecule has 2 aromatic heterocycles. The lowest BCUT2D eigenvalue weighted by Crippen LogP contribution is -2.52. The number of amides is 2. The van der Waals surface area contributed by atoms with E-state index in [-0.39, 0.29) is 40.2 Å². The maximum atomic E-state index is 13.6. The molecule has 0 spiro atoms. The fourth-order valence-electron chi connectivity index (χ4n) is 3.99. The second-order valence-corrected chi connectivity index (χ2v) is 9.35. The number of nitrogens with zero attached hydrogens (tertiary/aromatic N) is 2. The Labute approximate surface area is 193 Å². The van der Waals surface area contributed by atoms with Crippen molar-refractivity contribution >= 4 is 46.1 Å². The highest BCUT2D eigenvalue weighted by molar-refractivity contribution is 7.99. The standard InChI is InChI=1S/C22H22ClFN4O3S/c1-13-8-15(25-18(29)12-32-19-4-2-3-7-28(19)31)11-27(10-13)22(30)21-20(23)16-9-14(24)5-6-17(16)26-21/h2-7,9,13,15,26H,8,10-12H2,1H3,(H,25,29). The average Bonchev–Trinajstić information content (AvgIpc) is 3.08. The number of H-pyrrole nitrogens is 1. The van der Waals surface area contributed by atoms with Gasteiger partial charge in [0.25, 0.3) is 10.9 Å². The van der Waals surface area contributed by atoms with Crippen LogP contribution in [0.25, 0.3) is 10.9 Å². The van der Waals surface area contributed by atoms with Gasteiger partial charge in [-0.1, -0.05) is 18.5 Å². The number of likely N-dealkylation sites (tertiary alicyclic amines) is 1. The first-order valence-electron chi connectivity index (χ1n) is 10.2. The van der Waals surface area contributed by atoms with Crippen LogP contribution in [0.1, 0.15) is 23.8 Å². The third kappa shape index (κ3) is 4.83. The number of carbonyl (C=O) groups is 2. The van der Waals surface area contributed by atoms with Gasteiger partial charge in [-0.25, -0.2) is 4.39 Å². The van der Waals surface area contributed by atoms with Crippen LogP contribution in [0.2, 0.25) is 5.02 Å². The van der Waals surface area contributed by atoms with Gasteiger partial charge in [-0.3, -0.25) is 9.59 Å². The third-order valence-electron chi connectivity index (χ3n) is 5.36. The number of halogens is 2. The molecule has 3 heterocycles. The van der Waals surface area contributed by atoms with Gasteiger partial charge in [-0.15, -0.1) is 0 Å². The van der Waals surface area contributed by atoms with Crippen LogP contribution in [0, 0.1) is 16.9 Å². The Balaban J connectivity index is 1.42. The minimum Gasteiger partial charge on any atom is -0.618 e. The van der Waals surface area contributed by atoms with Gasteiger partial charge in [-0.2, -0.15) is 4.73 Å². The van der Waals surface area contributed by atoms with E-state index in [4.69, 9.17) is 11.6 Å². The summed E-state index contributed by atoms with van der Waals surface area (Å²) in [5.41, 5.74) is 0.800. The zero-order chi connectivity index (χ0) is 22.8. The Hall–Kier alpha value is -2.78. The number of nitrogens with one attached hydrogen (secondary N) is 2. The van der Waals surface area contributed by atoms with Crippen LogP contribution in [0.5, 0.6) is 0 Å². The molecular formula is C22H22ClFN4O3S.